The summed E-state index contributed by atoms with van der Waals surface area (Å²) in [5, 5.41) is 11.0. The Hall–Kier alpha value is -2.80. The van der Waals surface area contributed by atoms with Crippen LogP contribution in [0.4, 0.5) is 5.69 Å². The molecule has 0 atom stereocenters. The number of carbonyl (C=O) groups excluding carboxylic acids is 1. The first kappa shape index (κ1) is 16.1. The first-order valence-corrected chi connectivity index (χ1v) is 7.77. The van der Waals surface area contributed by atoms with Gasteiger partial charge in [0.1, 0.15) is 0 Å². The fraction of sp³-hybridized carbons (Fsp3) is 0.0588. The maximum absolute atomic E-state index is 12.0. The Morgan fingerprint density at radius 1 is 1.21 bits per heavy atom. The number of rotatable bonds is 3. The van der Waals surface area contributed by atoms with Crippen LogP contribution < -0.4 is 0 Å². The van der Waals surface area contributed by atoms with Gasteiger partial charge < -0.3 is 4.74 Å². The summed E-state index contributed by atoms with van der Waals surface area (Å²) in [6.45, 7) is 1.64. The number of hydrogen-bond acceptors (Lipinski definition) is 5. The smallest absolute Gasteiger partial charge is 0.363 e. The lowest BCUT2D eigenvalue weighted by atomic mass is 10.1. The number of aryl methyl sites for hydroxylation is 1. The highest BCUT2D eigenvalue weighted by molar-refractivity contribution is 9.10. The van der Waals surface area contributed by atoms with Crippen LogP contribution in [-0.2, 0) is 9.53 Å². The van der Waals surface area contributed by atoms with Crippen molar-refractivity contribution in [1.29, 1.82) is 0 Å². The Morgan fingerprint density at radius 3 is 2.58 bits per heavy atom. The molecule has 0 N–H and O–H groups in total. The standard InChI is InChI=1S/C17H11BrN2O4/c1-10-2-5-12(9-15(10)20(22)23)16-19-14(17(21)24-16)8-11-3-6-13(18)7-4-11/h2-9H,1H3/b14-8+. The number of ether oxygens (including phenoxy) is 1. The van der Waals surface area contributed by atoms with Crippen molar-refractivity contribution in [2.24, 2.45) is 4.99 Å². The molecular weight excluding hydrogens is 376 g/mol. The molecule has 7 heteroatoms. The molecule has 2 aromatic carbocycles. The largest absolute Gasteiger partial charge is 0.402 e. The second-order valence-electron chi connectivity index (χ2n) is 5.15. The van der Waals surface area contributed by atoms with E-state index >= 15 is 0 Å². The van der Waals surface area contributed by atoms with Crippen LogP contribution in [0.5, 0.6) is 0 Å². The highest BCUT2D eigenvalue weighted by Crippen LogP contribution is 2.24. The van der Waals surface area contributed by atoms with Gasteiger partial charge in [0.15, 0.2) is 5.70 Å². The summed E-state index contributed by atoms with van der Waals surface area (Å²) >= 11 is 3.34. The summed E-state index contributed by atoms with van der Waals surface area (Å²) in [6, 6.07) is 11.9. The molecule has 0 bridgehead atoms. The van der Waals surface area contributed by atoms with E-state index < -0.39 is 10.9 Å². The fourth-order valence-corrected chi connectivity index (χ4v) is 2.45. The third kappa shape index (κ3) is 3.26. The quantitative estimate of drug-likeness (QED) is 0.345. The van der Waals surface area contributed by atoms with Crippen LogP contribution in [0.15, 0.2) is 57.6 Å². The molecule has 1 aliphatic heterocycles. The van der Waals surface area contributed by atoms with Crippen molar-refractivity contribution in [1.82, 2.24) is 0 Å². The van der Waals surface area contributed by atoms with E-state index in [1.165, 1.54) is 6.07 Å². The van der Waals surface area contributed by atoms with Crippen LogP contribution in [0.3, 0.4) is 0 Å². The minimum absolute atomic E-state index is 0.0448. The number of nitro groups is 1. The lowest BCUT2D eigenvalue weighted by Gasteiger charge is -2.01. The molecule has 0 amide bonds. The molecule has 1 aliphatic rings. The lowest BCUT2D eigenvalue weighted by Crippen LogP contribution is -2.06. The molecule has 1 heterocycles. The van der Waals surface area contributed by atoms with Gasteiger partial charge >= 0.3 is 5.97 Å². The van der Waals surface area contributed by atoms with Gasteiger partial charge in [0.25, 0.3) is 5.69 Å². The summed E-state index contributed by atoms with van der Waals surface area (Å²) in [5.74, 6) is -0.525. The van der Waals surface area contributed by atoms with E-state index in [0.717, 1.165) is 10.0 Å². The van der Waals surface area contributed by atoms with Crippen LogP contribution in [-0.4, -0.2) is 16.8 Å². The van der Waals surface area contributed by atoms with Gasteiger partial charge in [-0.2, -0.15) is 0 Å². The lowest BCUT2D eigenvalue weighted by molar-refractivity contribution is -0.385. The van der Waals surface area contributed by atoms with Crippen molar-refractivity contribution in [3.63, 3.8) is 0 Å². The van der Waals surface area contributed by atoms with Crippen LogP contribution in [0.1, 0.15) is 16.7 Å². The second-order valence-corrected chi connectivity index (χ2v) is 6.06. The predicted octanol–water partition coefficient (Wildman–Crippen LogP) is 4.01. The van der Waals surface area contributed by atoms with Gasteiger partial charge in [0.2, 0.25) is 5.90 Å². The van der Waals surface area contributed by atoms with Gasteiger partial charge in [-0.15, -0.1) is 0 Å². The molecule has 0 aromatic heterocycles. The minimum Gasteiger partial charge on any atom is -0.402 e. The van der Waals surface area contributed by atoms with Crippen LogP contribution >= 0.6 is 15.9 Å². The van der Waals surface area contributed by atoms with E-state index in [-0.39, 0.29) is 17.3 Å². The summed E-state index contributed by atoms with van der Waals surface area (Å²) in [4.78, 5) is 26.7. The topological polar surface area (TPSA) is 81.8 Å². The third-order valence-electron chi connectivity index (χ3n) is 3.45. The normalized spacial score (nSPS) is 15.3. The van der Waals surface area contributed by atoms with Crippen molar-refractivity contribution in [3.05, 3.63) is 79.4 Å². The summed E-state index contributed by atoms with van der Waals surface area (Å²) < 4.78 is 6.07. The SMILES string of the molecule is Cc1ccc(C2=N/C(=C/c3ccc(Br)cc3)C(=O)O2)cc1[N+](=O)[O-]. The predicted molar refractivity (Wildman–Crippen MR) is 92.6 cm³/mol. The number of hydrogen-bond donors (Lipinski definition) is 0. The fourth-order valence-electron chi connectivity index (χ4n) is 2.19. The molecule has 0 saturated heterocycles. The molecule has 120 valence electrons. The van der Waals surface area contributed by atoms with Crippen molar-refractivity contribution >= 4 is 39.6 Å². The zero-order chi connectivity index (χ0) is 17.3. The molecule has 3 rings (SSSR count). The molecular formula is C17H11BrN2O4. The van der Waals surface area contributed by atoms with E-state index in [1.54, 1.807) is 25.1 Å². The van der Waals surface area contributed by atoms with Crippen LogP contribution in [0.2, 0.25) is 0 Å². The van der Waals surface area contributed by atoms with Crippen molar-refractivity contribution in [3.8, 4) is 0 Å². The summed E-state index contributed by atoms with van der Waals surface area (Å²) in [5.41, 5.74) is 1.82. The maximum atomic E-state index is 12.0. The molecule has 24 heavy (non-hydrogen) atoms. The first-order valence-electron chi connectivity index (χ1n) is 6.97. The van der Waals surface area contributed by atoms with Gasteiger partial charge in [-0.3, -0.25) is 10.1 Å². The molecule has 0 unspecified atom stereocenters. The zero-order valence-corrected chi connectivity index (χ0v) is 14.1. The highest BCUT2D eigenvalue weighted by atomic mass is 79.9. The van der Waals surface area contributed by atoms with E-state index in [2.05, 4.69) is 20.9 Å². The van der Waals surface area contributed by atoms with Crippen molar-refractivity contribution < 1.29 is 14.5 Å². The summed E-state index contributed by atoms with van der Waals surface area (Å²) in [7, 11) is 0. The van der Waals surface area contributed by atoms with Crippen LogP contribution in [0, 0.1) is 17.0 Å². The molecule has 0 fully saturated rings. The molecule has 2 aromatic rings. The number of carbonyl (C=O) groups is 1. The molecule has 0 radical (unpaired) electrons. The van der Waals surface area contributed by atoms with Gasteiger partial charge in [-0.05, 0) is 36.8 Å². The Labute approximate surface area is 145 Å². The molecule has 6 nitrogen and oxygen atoms in total. The third-order valence-corrected chi connectivity index (χ3v) is 3.98. The number of cyclic esters (lactones) is 1. The monoisotopic (exact) mass is 386 g/mol. The number of nitro benzene ring substituents is 1. The number of benzene rings is 2. The first-order chi connectivity index (χ1) is 11.4. The van der Waals surface area contributed by atoms with Gasteiger partial charge in [-0.1, -0.05) is 34.1 Å². The van der Waals surface area contributed by atoms with Gasteiger partial charge in [0, 0.05) is 21.7 Å². The van der Waals surface area contributed by atoms with Crippen molar-refractivity contribution in [2.45, 2.75) is 6.92 Å². The van der Waals surface area contributed by atoms with E-state index in [0.29, 0.717) is 11.1 Å². The number of halogens is 1. The van der Waals surface area contributed by atoms with Gasteiger partial charge in [-0.25, -0.2) is 9.79 Å². The average molecular weight is 387 g/mol. The zero-order valence-electron chi connectivity index (χ0n) is 12.5. The van der Waals surface area contributed by atoms with E-state index in [4.69, 9.17) is 4.74 Å². The van der Waals surface area contributed by atoms with Crippen LogP contribution in [0.25, 0.3) is 6.08 Å². The van der Waals surface area contributed by atoms with Gasteiger partial charge in [0.05, 0.1) is 4.92 Å². The molecule has 0 spiro atoms. The minimum atomic E-state index is -0.587. The molecule has 0 saturated carbocycles. The Balaban J connectivity index is 1.96. The highest BCUT2D eigenvalue weighted by Gasteiger charge is 2.25. The Morgan fingerprint density at radius 2 is 1.92 bits per heavy atom. The number of aliphatic imine (C=N–C) groups is 1. The number of nitrogens with zero attached hydrogens (tertiary/aromatic N) is 2. The molecule has 0 aliphatic carbocycles. The maximum Gasteiger partial charge on any atom is 0.363 e. The Kier molecular flexibility index (Phi) is 4.26. The average Bonchev–Trinajstić information content (AvgIpc) is 2.90. The summed E-state index contributed by atoms with van der Waals surface area (Å²) in [6.07, 6.45) is 1.60. The van der Waals surface area contributed by atoms with Crippen molar-refractivity contribution in [2.75, 3.05) is 0 Å². The Bertz CT molecular complexity index is 901. The van der Waals surface area contributed by atoms with E-state index in [1.807, 2.05) is 24.3 Å². The second kappa shape index (κ2) is 6.37. The number of esters is 1. The van der Waals surface area contributed by atoms with E-state index in [9.17, 15) is 14.9 Å².